The molecule has 1 fully saturated rings. The van der Waals surface area contributed by atoms with Crippen molar-refractivity contribution in [3.63, 3.8) is 0 Å². The first-order valence-corrected chi connectivity index (χ1v) is 7.49. The monoisotopic (exact) mass is 275 g/mol. The van der Waals surface area contributed by atoms with Crippen LogP contribution < -0.4 is 11.1 Å². The minimum atomic E-state index is 0.0401. The highest BCUT2D eigenvalue weighted by Gasteiger charge is 2.22. The lowest BCUT2D eigenvalue weighted by Crippen LogP contribution is -2.42. The first-order valence-electron chi connectivity index (χ1n) is 7.49. The number of rotatable bonds is 6. The summed E-state index contributed by atoms with van der Waals surface area (Å²) < 4.78 is 0. The number of benzene rings is 1. The lowest BCUT2D eigenvalue weighted by molar-refractivity contribution is -0.130. The number of carbonyl (C=O) groups is 1. The highest BCUT2D eigenvalue weighted by Crippen LogP contribution is 2.14. The molecular formula is C16H25N3O. The van der Waals surface area contributed by atoms with Gasteiger partial charge in [-0.3, -0.25) is 4.79 Å². The van der Waals surface area contributed by atoms with E-state index in [0.717, 1.165) is 25.9 Å². The Morgan fingerprint density at radius 2 is 1.95 bits per heavy atom. The number of nitrogens with two attached hydrogens (primary N) is 1. The fourth-order valence-electron chi connectivity index (χ4n) is 2.71. The molecule has 0 aromatic heterocycles. The number of hydrogen-bond donors (Lipinski definition) is 2. The van der Waals surface area contributed by atoms with Gasteiger partial charge < -0.3 is 16.0 Å². The third-order valence-corrected chi connectivity index (χ3v) is 3.95. The summed E-state index contributed by atoms with van der Waals surface area (Å²) in [5.41, 5.74) is 7.03. The summed E-state index contributed by atoms with van der Waals surface area (Å²) in [6, 6.07) is 10.5. The van der Waals surface area contributed by atoms with Crippen molar-refractivity contribution >= 4 is 5.91 Å². The highest BCUT2D eigenvalue weighted by atomic mass is 16.2. The SMILES string of the molecule is CC(NC(CN)CC(=O)N1CCCC1)c1ccccc1. The van der Waals surface area contributed by atoms with E-state index < -0.39 is 0 Å². The molecule has 0 aliphatic carbocycles. The Bertz CT molecular complexity index is 415. The minimum absolute atomic E-state index is 0.0401. The van der Waals surface area contributed by atoms with E-state index in [0.29, 0.717) is 13.0 Å². The molecule has 0 saturated carbocycles. The van der Waals surface area contributed by atoms with Crippen molar-refractivity contribution in [2.45, 2.75) is 38.3 Å². The lowest BCUT2D eigenvalue weighted by Gasteiger charge is -2.24. The van der Waals surface area contributed by atoms with Crippen LogP contribution in [-0.2, 0) is 4.79 Å². The van der Waals surface area contributed by atoms with Crippen LogP contribution in [0.4, 0.5) is 0 Å². The van der Waals surface area contributed by atoms with Gasteiger partial charge in [0.25, 0.3) is 0 Å². The van der Waals surface area contributed by atoms with Gasteiger partial charge in [0.15, 0.2) is 0 Å². The van der Waals surface area contributed by atoms with Gasteiger partial charge in [-0.2, -0.15) is 0 Å². The molecule has 3 N–H and O–H groups in total. The molecule has 1 aliphatic rings. The Hall–Kier alpha value is -1.39. The zero-order valence-corrected chi connectivity index (χ0v) is 12.2. The topological polar surface area (TPSA) is 58.4 Å². The van der Waals surface area contributed by atoms with Crippen LogP contribution in [-0.4, -0.2) is 36.5 Å². The molecule has 1 aromatic rings. The van der Waals surface area contributed by atoms with E-state index in [2.05, 4.69) is 24.4 Å². The van der Waals surface area contributed by atoms with Gasteiger partial charge in [0.1, 0.15) is 0 Å². The second-order valence-corrected chi connectivity index (χ2v) is 5.52. The Labute approximate surface area is 121 Å². The average Bonchev–Trinajstić information content (AvgIpc) is 3.01. The number of nitrogens with zero attached hydrogens (tertiary/aromatic N) is 1. The molecule has 20 heavy (non-hydrogen) atoms. The molecule has 1 amide bonds. The predicted octanol–water partition coefficient (Wildman–Crippen LogP) is 1.68. The summed E-state index contributed by atoms with van der Waals surface area (Å²) in [6.07, 6.45) is 2.76. The van der Waals surface area contributed by atoms with E-state index in [-0.39, 0.29) is 18.0 Å². The van der Waals surface area contributed by atoms with Gasteiger partial charge in [0, 0.05) is 38.1 Å². The van der Waals surface area contributed by atoms with Crippen molar-refractivity contribution in [1.82, 2.24) is 10.2 Å². The molecule has 2 rings (SSSR count). The van der Waals surface area contributed by atoms with Gasteiger partial charge >= 0.3 is 0 Å². The molecule has 1 aromatic carbocycles. The van der Waals surface area contributed by atoms with E-state index in [1.54, 1.807) is 0 Å². The van der Waals surface area contributed by atoms with Crippen molar-refractivity contribution in [2.24, 2.45) is 5.73 Å². The molecule has 4 heteroatoms. The second-order valence-electron chi connectivity index (χ2n) is 5.52. The first kappa shape index (κ1) is 15.0. The van der Waals surface area contributed by atoms with E-state index in [1.807, 2.05) is 23.1 Å². The third kappa shape index (κ3) is 4.05. The standard InChI is InChI=1S/C16H25N3O/c1-13(14-7-3-2-4-8-14)18-15(12-17)11-16(20)19-9-5-6-10-19/h2-4,7-8,13,15,18H,5-6,9-12,17H2,1H3. The van der Waals surface area contributed by atoms with Crippen LogP contribution in [0.3, 0.4) is 0 Å². The Kier molecular flexibility index (Phi) is 5.56. The molecule has 110 valence electrons. The van der Waals surface area contributed by atoms with Gasteiger partial charge in [-0.1, -0.05) is 30.3 Å². The maximum Gasteiger partial charge on any atom is 0.224 e. The summed E-state index contributed by atoms with van der Waals surface area (Å²) in [4.78, 5) is 14.1. The molecular weight excluding hydrogens is 250 g/mol. The number of carbonyl (C=O) groups excluding carboxylic acids is 1. The van der Waals surface area contributed by atoms with E-state index >= 15 is 0 Å². The van der Waals surface area contributed by atoms with Crippen LogP contribution in [0.2, 0.25) is 0 Å². The lowest BCUT2D eigenvalue weighted by atomic mass is 10.1. The third-order valence-electron chi connectivity index (χ3n) is 3.95. The molecule has 0 bridgehead atoms. The van der Waals surface area contributed by atoms with Crippen LogP contribution in [0.25, 0.3) is 0 Å². The molecule has 1 saturated heterocycles. The Morgan fingerprint density at radius 3 is 2.55 bits per heavy atom. The molecule has 2 unspecified atom stereocenters. The van der Waals surface area contributed by atoms with Crippen molar-refractivity contribution in [3.8, 4) is 0 Å². The van der Waals surface area contributed by atoms with Gasteiger partial charge in [-0.25, -0.2) is 0 Å². The van der Waals surface area contributed by atoms with Gasteiger partial charge in [-0.05, 0) is 25.3 Å². The fraction of sp³-hybridized carbons (Fsp3) is 0.562. The van der Waals surface area contributed by atoms with Gasteiger partial charge in [0.2, 0.25) is 5.91 Å². The average molecular weight is 275 g/mol. The van der Waals surface area contributed by atoms with Crippen LogP contribution in [0.1, 0.15) is 37.8 Å². The van der Waals surface area contributed by atoms with E-state index in [9.17, 15) is 4.79 Å². The summed E-state index contributed by atoms with van der Waals surface area (Å²) in [7, 11) is 0. The van der Waals surface area contributed by atoms with Crippen molar-refractivity contribution in [3.05, 3.63) is 35.9 Å². The molecule has 0 spiro atoms. The summed E-state index contributed by atoms with van der Waals surface area (Å²) in [6.45, 7) is 4.41. The molecule has 0 radical (unpaired) electrons. The smallest absolute Gasteiger partial charge is 0.224 e. The van der Waals surface area contributed by atoms with Gasteiger partial charge in [-0.15, -0.1) is 0 Å². The van der Waals surface area contributed by atoms with Crippen LogP contribution in [0, 0.1) is 0 Å². The maximum absolute atomic E-state index is 12.2. The predicted molar refractivity (Wildman–Crippen MR) is 81.3 cm³/mol. The summed E-state index contributed by atoms with van der Waals surface area (Å²) >= 11 is 0. The van der Waals surface area contributed by atoms with Gasteiger partial charge in [0.05, 0.1) is 0 Å². The highest BCUT2D eigenvalue weighted by molar-refractivity contribution is 5.77. The van der Waals surface area contributed by atoms with Crippen molar-refractivity contribution in [1.29, 1.82) is 0 Å². The summed E-state index contributed by atoms with van der Waals surface area (Å²) in [5, 5.41) is 3.46. The fourth-order valence-corrected chi connectivity index (χ4v) is 2.71. The second kappa shape index (κ2) is 7.41. The van der Waals surface area contributed by atoms with Crippen LogP contribution in [0.5, 0.6) is 0 Å². The maximum atomic E-state index is 12.2. The van der Waals surface area contributed by atoms with Crippen LogP contribution >= 0.6 is 0 Å². The van der Waals surface area contributed by atoms with Crippen molar-refractivity contribution in [2.75, 3.05) is 19.6 Å². The Morgan fingerprint density at radius 1 is 1.30 bits per heavy atom. The number of hydrogen-bond acceptors (Lipinski definition) is 3. The first-order chi connectivity index (χ1) is 9.70. The Balaban J connectivity index is 1.86. The zero-order chi connectivity index (χ0) is 14.4. The summed E-state index contributed by atoms with van der Waals surface area (Å²) in [5.74, 6) is 0.228. The number of nitrogens with one attached hydrogen (secondary N) is 1. The molecule has 2 atom stereocenters. The zero-order valence-electron chi connectivity index (χ0n) is 12.2. The van der Waals surface area contributed by atoms with E-state index in [1.165, 1.54) is 5.56 Å². The largest absolute Gasteiger partial charge is 0.343 e. The molecule has 1 aliphatic heterocycles. The quantitative estimate of drug-likeness (QED) is 0.830. The number of amides is 1. The van der Waals surface area contributed by atoms with Crippen LogP contribution in [0.15, 0.2) is 30.3 Å². The minimum Gasteiger partial charge on any atom is -0.343 e. The normalized spacial score (nSPS) is 18.0. The van der Waals surface area contributed by atoms with Crippen molar-refractivity contribution < 1.29 is 4.79 Å². The molecule has 4 nitrogen and oxygen atoms in total. The van der Waals surface area contributed by atoms with E-state index in [4.69, 9.17) is 5.73 Å². The number of likely N-dealkylation sites (tertiary alicyclic amines) is 1. The molecule has 1 heterocycles.